The molecule has 15 heavy (non-hydrogen) atoms. The lowest BCUT2D eigenvalue weighted by atomic mass is 10.2. The average Bonchev–Trinajstić information content (AvgIpc) is 1.99. The molecule has 0 bridgehead atoms. The maximum Gasteiger partial charge on any atom is 0.433 e. The molecule has 0 radical (unpaired) electrons. The van der Waals surface area contributed by atoms with E-state index in [1.807, 2.05) is 0 Å². The van der Waals surface area contributed by atoms with Crippen molar-refractivity contribution in [2.75, 3.05) is 0 Å². The highest BCUT2D eigenvalue weighted by molar-refractivity contribution is 6.30. The van der Waals surface area contributed by atoms with Crippen LogP contribution in [-0.4, -0.2) is 16.1 Å². The second kappa shape index (κ2) is 4.06. The lowest BCUT2D eigenvalue weighted by Gasteiger charge is -2.07. The summed E-state index contributed by atoms with van der Waals surface area (Å²) in [6.45, 7) is 0. The first-order chi connectivity index (χ1) is 6.79. The SMILES string of the molecule is O=C(O)Cc1cc(Cl)cc(C(F)(F)F)n1. The lowest BCUT2D eigenvalue weighted by Crippen LogP contribution is -2.11. The Kier molecular flexibility index (Phi) is 3.18. The molecule has 0 aliphatic carbocycles. The lowest BCUT2D eigenvalue weighted by molar-refractivity contribution is -0.142. The molecule has 7 heteroatoms. The number of carboxylic acids is 1. The number of aliphatic carboxylic acids is 1. The van der Waals surface area contributed by atoms with Gasteiger partial charge in [-0.1, -0.05) is 11.6 Å². The summed E-state index contributed by atoms with van der Waals surface area (Å²) in [7, 11) is 0. The monoisotopic (exact) mass is 239 g/mol. The van der Waals surface area contributed by atoms with Crippen LogP contribution in [0, 0.1) is 0 Å². The molecule has 1 N–H and O–H groups in total. The predicted octanol–water partition coefficient (Wildman–Crippen LogP) is 2.38. The summed E-state index contributed by atoms with van der Waals surface area (Å²) in [4.78, 5) is 13.4. The van der Waals surface area contributed by atoms with Crippen LogP contribution in [0.25, 0.3) is 0 Å². The van der Waals surface area contributed by atoms with Gasteiger partial charge >= 0.3 is 12.1 Å². The summed E-state index contributed by atoms with van der Waals surface area (Å²) in [6, 6.07) is 1.73. The Labute approximate surface area is 87.5 Å². The van der Waals surface area contributed by atoms with Crippen LogP contribution in [0.15, 0.2) is 12.1 Å². The van der Waals surface area contributed by atoms with Crippen LogP contribution in [0.5, 0.6) is 0 Å². The first-order valence-electron chi connectivity index (χ1n) is 3.74. The summed E-state index contributed by atoms with van der Waals surface area (Å²) in [5.74, 6) is -1.27. The number of nitrogens with zero attached hydrogens (tertiary/aromatic N) is 1. The van der Waals surface area contributed by atoms with Crippen molar-refractivity contribution >= 4 is 17.6 Å². The van der Waals surface area contributed by atoms with Gasteiger partial charge in [0.15, 0.2) is 0 Å². The number of alkyl halides is 3. The maximum absolute atomic E-state index is 12.2. The van der Waals surface area contributed by atoms with Crippen molar-refractivity contribution in [3.05, 3.63) is 28.5 Å². The number of carboxylic acid groups (broad SMARTS) is 1. The Morgan fingerprint density at radius 3 is 2.53 bits per heavy atom. The summed E-state index contributed by atoms with van der Waals surface area (Å²) in [5, 5.41) is 8.20. The van der Waals surface area contributed by atoms with Crippen LogP contribution >= 0.6 is 11.6 Å². The molecule has 0 fully saturated rings. The minimum absolute atomic E-state index is 0.187. The zero-order chi connectivity index (χ0) is 11.6. The van der Waals surface area contributed by atoms with Gasteiger partial charge in [-0.25, -0.2) is 4.98 Å². The maximum atomic E-state index is 12.2. The molecule has 1 aromatic heterocycles. The molecule has 0 spiro atoms. The summed E-state index contributed by atoms with van der Waals surface area (Å²) < 4.78 is 36.7. The van der Waals surface area contributed by atoms with Crippen molar-refractivity contribution in [1.82, 2.24) is 4.98 Å². The predicted molar refractivity (Wildman–Crippen MR) is 45.6 cm³/mol. The second-order valence-electron chi connectivity index (χ2n) is 2.73. The highest BCUT2D eigenvalue weighted by atomic mass is 35.5. The second-order valence-corrected chi connectivity index (χ2v) is 3.17. The molecule has 1 aromatic rings. The third kappa shape index (κ3) is 3.39. The number of pyridine rings is 1. The zero-order valence-electron chi connectivity index (χ0n) is 7.18. The first-order valence-corrected chi connectivity index (χ1v) is 4.12. The fourth-order valence-corrected chi connectivity index (χ4v) is 1.17. The van der Waals surface area contributed by atoms with E-state index in [4.69, 9.17) is 16.7 Å². The first kappa shape index (κ1) is 11.8. The number of rotatable bonds is 2. The van der Waals surface area contributed by atoms with E-state index in [1.165, 1.54) is 0 Å². The van der Waals surface area contributed by atoms with Crippen LogP contribution in [0.2, 0.25) is 5.02 Å². The smallest absolute Gasteiger partial charge is 0.433 e. The van der Waals surface area contributed by atoms with E-state index in [0.717, 1.165) is 6.07 Å². The topological polar surface area (TPSA) is 50.2 Å². The Bertz CT molecular complexity index is 392. The fraction of sp³-hybridized carbons (Fsp3) is 0.250. The van der Waals surface area contributed by atoms with Gasteiger partial charge in [0.05, 0.1) is 12.1 Å². The fourth-order valence-electron chi connectivity index (χ4n) is 0.941. The molecule has 0 aliphatic heterocycles. The molecule has 0 aliphatic rings. The van der Waals surface area contributed by atoms with E-state index < -0.39 is 24.3 Å². The molecule has 1 heterocycles. The van der Waals surface area contributed by atoms with Gasteiger partial charge in [-0.05, 0) is 12.1 Å². The molecular formula is C8H5ClF3NO2. The van der Waals surface area contributed by atoms with Crippen molar-refractivity contribution in [2.24, 2.45) is 0 Å². The van der Waals surface area contributed by atoms with Crippen molar-refractivity contribution < 1.29 is 23.1 Å². The van der Waals surface area contributed by atoms with E-state index >= 15 is 0 Å². The molecule has 0 amide bonds. The molecular weight excluding hydrogens is 235 g/mol. The zero-order valence-corrected chi connectivity index (χ0v) is 7.93. The van der Waals surface area contributed by atoms with Crippen molar-refractivity contribution in [1.29, 1.82) is 0 Å². The van der Waals surface area contributed by atoms with Gasteiger partial charge in [-0.15, -0.1) is 0 Å². The van der Waals surface area contributed by atoms with E-state index in [1.54, 1.807) is 0 Å². The number of aromatic nitrogens is 1. The standard InChI is InChI=1S/C8H5ClF3NO2/c9-4-1-5(3-7(14)15)13-6(2-4)8(10,11)12/h1-2H,3H2,(H,14,15). The van der Waals surface area contributed by atoms with Gasteiger partial charge < -0.3 is 5.11 Å². The molecule has 0 unspecified atom stereocenters. The average molecular weight is 240 g/mol. The van der Waals surface area contributed by atoms with Gasteiger partial charge in [-0.2, -0.15) is 13.2 Å². The normalized spacial score (nSPS) is 11.5. The number of halogens is 4. The van der Waals surface area contributed by atoms with E-state index in [0.29, 0.717) is 6.07 Å². The molecule has 0 aromatic carbocycles. The van der Waals surface area contributed by atoms with Crippen LogP contribution < -0.4 is 0 Å². The van der Waals surface area contributed by atoms with Gasteiger partial charge in [0, 0.05) is 5.02 Å². The Balaban J connectivity index is 3.11. The molecule has 1 rings (SSSR count). The van der Waals surface area contributed by atoms with Gasteiger partial charge in [-0.3, -0.25) is 4.79 Å². The van der Waals surface area contributed by atoms with Crippen molar-refractivity contribution in [3.63, 3.8) is 0 Å². The Hall–Kier alpha value is -1.30. The quantitative estimate of drug-likeness (QED) is 0.862. The van der Waals surface area contributed by atoms with Crippen molar-refractivity contribution in [2.45, 2.75) is 12.6 Å². The van der Waals surface area contributed by atoms with E-state index in [9.17, 15) is 18.0 Å². The third-order valence-electron chi connectivity index (χ3n) is 1.47. The van der Waals surface area contributed by atoms with Crippen LogP contribution in [-0.2, 0) is 17.4 Å². The van der Waals surface area contributed by atoms with Gasteiger partial charge in [0.2, 0.25) is 0 Å². The van der Waals surface area contributed by atoms with Gasteiger partial charge in [0.25, 0.3) is 0 Å². The third-order valence-corrected chi connectivity index (χ3v) is 1.68. The van der Waals surface area contributed by atoms with Crippen LogP contribution in [0.1, 0.15) is 11.4 Å². The highest BCUT2D eigenvalue weighted by Gasteiger charge is 2.33. The summed E-state index contributed by atoms with van der Waals surface area (Å²) in [5.41, 5.74) is -1.41. The summed E-state index contributed by atoms with van der Waals surface area (Å²) >= 11 is 5.41. The largest absolute Gasteiger partial charge is 0.481 e. The van der Waals surface area contributed by atoms with Crippen LogP contribution in [0.4, 0.5) is 13.2 Å². The highest BCUT2D eigenvalue weighted by Crippen LogP contribution is 2.29. The van der Waals surface area contributed by atoms with Gasteiger partial charge in [0.1, 0.15) is 5.69 Å². The Morgan fingerprint density at radius 2 is 2.07 bits per heavy atom. The van der Waals surface area contributed by atoms with Crippen molar-refractivity contribution in [3.8, 4) is 0 Å². The molecule has 3 nitrogen and oxygen atoms in total. The number of hydrogen-bond acceptors (Lipinski definition) is 2. The minimum Gasteiger partial charge on any atom is -0.481 e. The van der Waals surface area contributed by atoms with E-state index in [2.05, 4.69) is 4.98 Å². The molecule has 0 saturated heterocycles. The number of carbonyl (C=O) groups is 1. The molecule has 0 saturated carbocycles. The van der Waals surface area contributed by atoms with Crippen LogP contribution in [0.3, 0.4) is 0 Å². The summed E-state index contributed by atoms with van der Waals surface area (Å²) in [6.07, 6.45) is -5.22. The molecule has 82 valence electrons. The molecule has 0 atom stereocenters. The number of hydrogen-bond donors (Lipinski definition) is 1. The Morgan fingerprint density at radius 1 is 1.47 bits per heavy atom. The minimum atomic E-state index is -4.63. The van der Waals surface area contributed by atoms with E-state index in [-0.39, 0.29) is 10.7 Å².